The van der Waals surface area contributed by atoms with E-state index in [9.17, 15) is 0 Å². The van der Waals surface area contributed by atoms with Gasteiger partial charge in [-0.25, -0.2) is 0 Å². The summed E-state index contributed by atoms with van der Waals surface area (Å²) in [7, 11) is -4.33. The van der Waals surface area contributed by atoms with Gasteiger partial charge in [0.15, 0.2) is 25.0 Å². The van der Waals surface area contributed by atoms with Crippen LogP contribution in [0.3, 0.4) is 0 Å². The third kappa shape index (κ3) is 10.3. The fourth-order valence-electron chi connectivity index (χ4n) is 1.37. The van der Waals surface area contributed by atoms with E-state index in [4.69, 9.17) is 12.3 Å². The van der Waals surface area contributed by atoms with Crippen molar-refractivity contribution in [1.29, 1.82) is 0 Å². The summed E-state index contributed by atoms with van der Waals surface area (Å²) >= 11 is 0. The lowest BCUT2D eigenvalue weighted by Crippen LogP contribution is -2.40. The van der Waals surface area contributed by atoms with Gasteiger partial charge in [-0.3, -0.25) is 0 Å². The maximum Gasteiger partial charge on any atom is 0.197 e. The van der Waals surface area contributed by atoms with Gasteiger partial charge in [-0.2, -0.15) is 0 Å². The zero-order chi connectivity index (χ0) is 15.2. The Kier molecular flexibility index (Phi) is 8.79. The normalized spacial score (nSPS) is 15.1. The maximum atomic E-state index is 6.31. The number of hydrogen-bond acceptors (Lipinski definition) is 3. The van der Waals surface area contributed by atoms with Crippen molar-refractivity contribution >= 4 is 55.0 Å². The predicted molar refractivity (Wildman–Crippen MR) is 103 cm³/mol. The molecule has 0 aliphatic heterocycles. The Morgan fingerprint density at radius 3 is 1.89 bits per heavy atom. The lowest BCUT2D eigenvalue weighted by Gasteiger charge is -2.28. The molecule has 0 spiro atoms. The summed E-state index contributed by atoms with van der Waals surface area (Å²) in [5.41, 5.74) is 4.51. The van der Waals surface area contributed by atoms with E-state index in [2.05, 4.69) is 45.9 Å². The van der Waals surface area contributed by atoms with Crippen LogP contribution < -0.4 is 0 Å². The summed E-state index contributed by atoms with van der Waals surface area (Å²) in [5, 5.41) is 0. The van der Waals surface area contributed by atoms with Crippen molar-refractivity contribution in [1.82, 2.24) is 0 Å². The molecule has 0 aromatic heterocycles. The van der Waals surface area contributed by atoms with Crippen molar-refractivity contribution < 1.29 is 12.3 Å². The standard InChI is InChI=1S/C10H32O3Si6/c1-8-17(2,3)12-16-10-19(6,7)13-15-9-18(4,5)11-14/h8H,1,9-10,15-16H2,2-7,14H3. The largest absolute Gasteiger partial charge is 0.464 e. The van der Waals surface area contributed by atoms with E-state index in [0.717, 1.165) is 10.5 Å². The second-order valence-electron chi connectivity index (χ2n) is 6.73. The fourth-order valence-corrected chi connectivity index (χ4v) is 17.3. The molecule has 0 fully saturated rings. The number of rotatable bonds is 10. The first kappa shape index (κ1) is 19.9. The smallest absolute Gasteiger partial charge is 0.197 e. The Hall–Kier alpha value is 0.921. The van der Waals surface area contributed by atoms with Gasteiger partial charge < -0.3 is 12.3 Å². The molecule has 0 bridgehead atoms. The summed E-state index contributed by atoms with van der Waals surface area (Å²) in [6.45, 7) is 17.6. The van der Waals surface area contributed by atoms with E-state index >= 15 is 0 Å². The molecule has 0 unspecified atom stereocenters. The molecule has 0 aromatic rings. The molecule has 0 atom stereocenters. The van der Waals surface area contributed by atoms with Gasteiger partial charge in [0.25, 0.3) is 0 Å². The van der Waals surface area contributed by atoms with Gasteiger partial charge in [0, 0.05) is 0 Å². The third-order valence-corrected chi connectivity index (χ3v) is 27.8. The summed E-state index contributed by atoms with van der Waals surface area (Å²) < 4.78 is 18.1. The highest BCUT2D eigenvalue weighted by Gasteiger charge is 2.27. The van der Waals surface area contributed by atoms with Gasteiger partial charge in [-0.05, 0) is 50.6 Å². The molecule has 0 aromatic carbocycles. The molecule has 0 N–H and O–H groups in total. The SMILES string of the molecule is C=C[Si](C)(C)O[SiH2]C[Si](C)(C)O[SiH2]C[Si](C)(C)O[SiH3]. The van der Waals surface area contributed by atoms with Crippen molar-refractivity contribution in [3.63, 3.8) is 0 Å². The zero-order valence-corrected chi connectivity index (χ0v) is 21.7. The van der Waals surface area contributed by atoms with E-state index in [0.29, 0.717) is 0 Å². The average molecular weight is 369 g/mol. The van der Waals surface area contributed by atoms with E-state index < -0.39 is 44.5 Å². The molecule has 0 amide bonds. The lowest BCUT2D eigenvalue weighted by atomic mass is 11.3. The molecule has 0 saturated heterocycles. The first-order chi connectivity index (χ1) is 8.54. The quantitative estimate of drug-likeness (QED) is 0.532. The second kappa shape index (κ2) is 8.38. The van der Waals surface area contributed by atoms with Gasteiger partial charge >= 0.3 is 0 Å². The molecule has 0 saturated carbocycles. The third-order valence-electron chi connectivity index (χ3n) is 3.42. The van der Waals surface area contributed by atoms with Gasteiger partial charge in [-0.1, -0.05) is 5.70 Å². The molecular formula is C10H32O3Si6. The van der Waals surface area contributed by atoms with Crippen LogP contribution in [0.25, 0.3) is 0 Å². The molecule has 114 valence electrons. The number of hydrogen-bond donors (Lipinski definition) is 0. The van der Waals surface area contributed by atoms with Crippen LogP contribution in [0.5, 0.6) is 0 Å². The van der Waals surface area contributed by atoms with Crippen molar-refractivity contribution in [2.24, 2.45) is 0 Å². The summed E-state index contributed by atoms with van der Waals surface area (Å²) in [6, 6.07) is 0. The van der Waals surface area contributed by atoms with Gasteiger partial charge in [0.2, 0.25) is 0 Å². The lowest BCUT2D eigenvalue weighted by molar-refractivity contribution is 0.573. The molecule has 0 aliphatic carbocycles. The first-order valence-electron chi connectivity index (χ1n) is 7.00. The first-order valence-corrected chi connectivity index (χ1v) is 20.2. The molecule has 0 heterocycles. The van der Waals surface area contributed by atoms with E-state index in [-0.39, 0.29) is 0 Å². The molecule has 0 aliphatic rings. The minimum atomic E-state index is -1.55. The highest BCUT2D eigenvalue weighted by atomic mass is 28.4. The van der Waals surface area contributed by atoms with Crippen molar-refractivity contribution in [2.75, 3.05) is 0 Å². The second-order valence-corrected chi connectivity index (χ2v) is 26.1. The van der Waals surface area contributed by atoms with E-state index in [1.54, 1.807) is 0 Å². The fraction of sp³-hybridized carbons (Fsp3) is 0.800. The van der Waals surface area contributed by atoms with Crippen molar-refractivity contribution in [3.05, 3.63) is 12.3 Å². The summed E-state index contributed by atoms with van der Waals surface area (Å²) in [4.78, 5) is 0. The monoisotopic (exact) mass is 368 g/mol. The molecule has 3 nitrogen and oxygen atoms in total. The summed E-state index contributed by atoms with van der Waals surface area (Å²) in [6.07, 6.45) is 0. The Labute approximate surface area is 130 Å². The van der Waals surface area contributed by atoms with Crippen molar-refractivity contribution in [3.8, 4) is 0 Å². The molecule has 0 rings (SSSR count). The van der Waals surface area contributed by atoms with E-state index in [1.165, 1.54) is 11.3 Å². The highest BCUT2D eigenvalue weighted by Crippen LogP contribution is 2.15. The van der Waals surface area contributed by atoms with Crippen molar-refractivity contribution in [2.45, 2.75) is 50.6 Å². The van der Waals surface area contributed by atoms with Crippen LogP contribution in [0, 0.1) is 0 Å². The Morgan fingerprint density at radius 2 is 1.42 bits per heavy atom. The Morgan fingerprint density at radius 1 is 0.947 bits per heavy atom. The molecule has 19 heavy (non-hydrogen) atoms. The molecule has 0 radical (unpaired) electrons. The van der Waals surface area contributed by atoms with Crippen LogP contribution in [0.2, 0.25) is 50.6 Å². The zero-order valence-electron chi connectivity index (χ0n) is 13.8. The molecule has 9 heteroatoms. The van der Waals surface area contributed by atoms with Crippen LogP contribution in [-0.2, 0) is 12.3 Å². The minimum absolute atomic E-state index is 0.397. The van der Waals surface area contributed by atoms with Crippen LogP contribution in [0.1, 0.15) is 0 Å². The average Bonchev–Trinajstić information content (AvgIpc) is 2.28. The van der Waals surface area contributed by atoms with E-state index in [1.807, 2.05) is 5.70 Å². The molecular weight excluding hydrogens is 337 g/mol. The van der Waals surface area contributed by atoms with Crippen LogP contribution >= 0.6 is 0 Å². The van der Waals surface area contributed by atoms with Crippen LogP contribution in [0.4, 0.5) is 0 Å². The van der Waals surface area contributed by atoms with Crippen LogP contribution in [0.15, 0.2) is 12.3 Å². The van der Waals surface area contributed by atoms with Gasteiger partial charge in [0.05, 0.1) is 0 Å². The minimum Gasteiger partial charge on any atom is -0.464 e. The highest BCUT2D eigenvalue weighted by molar-refractivity contribution is 6.87. The van der Waals surface area contributed by atoms with Gasteiger partial charge in [-0.15, -0.1) is 6.58 Å². The Bertz CT molecular complexity index is 282. The van der Waals surface area contributed by atoms with Crippen LogP contribution in [-0.4, -0.2) is 55.0 Å². The topological polar surface area (TPSA) is 27.7 Å². The van der Waals surface area contributed by atoms with Gasteiger partial charge in [0.1, 0.15) is 30.0 Å². The Balaban J connectivity index is 3.96. The maximum absolute atomic E-state index is 6.31. The summed E-state index contributed by atoms with van der Waals surface area (Å²) in [5.74, 6) is 0. The predicted octanol–water partition coefficient (Wildman–Crippen LogP) is 0.740.